The minimum absolute atomic E-state index is 0.408. The van der Waals surface area contributed by atoms with E-state index in [1.165, 1.54) is 0 Å². The van der Waals surface area contributed by atoms with Crippen molar-refractivity contribution in [2.24, 2.45) is 0 Å². The third kappa shape index (κ3) is 2.41. The molecular weight excluding hydrogens is 233 g/mol. The molecule has 0 unspecified atom stereocenters. The van der Waals surface area contributed by atoms with E-state index in [-0.39, 0.29) is 0 Å². The molecule has 0 fully saturated rings. The largest absolute Gasteiger partial charge is 0.508 e. The van der Waals surface area contributed by atoms with Gasteiger partial charge in [-0.2, -0.15) is 13.2 Å². The Kier molecular flexibility index (Phi) is 2.95. The summed E-state index contributed by atoms with van der Waals surface area (Å²) in [6.07, 6.45) is -4.72. The van der Waals surface area contributed by atoms with Crippen LogP contribution in [0.15, 0.2) is 12.1 Å². The standard InChI is InChI=1S/C9H6ClF3O2/c1-4(14)8-6(9(11,12)13)2-5(15)3-7(8)10/h2-3,15H,1H3. The smallest absolute Gasteiger partial charge is 0.417 e. The van der Waals surface area contributed by atoms with E-state index in [1.54, 1.807) is 0 Å². The highest BCUT2D eigenvalue weighted by atomic mass is 35.5. The predicted octanol–water partition coefficient (Wildman–Crippen LogP) is 3.27. The van der Waals surface area contributed by atoms with Crippen LogP contribution in [0, 0.1) is 0 Å². The number of aromatic hydroxyl groups is 1. The monoisotopic (exact) mass is 238 g/mol. The molecule has 1 aromatic carbocycles. The fourth-order valence-corrected chi connectivity index (χ4v) is 1.52. The number of phenolic OH excluding ortho intramolecular Hbond substituents is 1. The number of hydrogen-bond donors (Lipinski definition) is 1. The second-order valence-electron chi connectivity index (χ2n) is 2.90. The van der Waals surface area contributed by atoms with Gasteiger partial charge in [0.2, 0.25) is 0 Å². The summed E-state index contributed by atoms with van der Waals surface area (Å²) in [4.78, 5) is 11.0. The topological polar surface area (TPSA) is 37.3 Å². The molecule has 1 rings (SSSR count). The lowest BCUT2D eigenvalue weighted by molar-refractivity contribution is -0.138. The third-order valence-corrected chi connectivity index (χ3v) is 2.03. The van der Waals surface area contributed by atoms with E-state index in [0.29, 0.717) is 6.07 Å². The number of alkyl halides is 3. The minimum Gasteiger partial charge on any atom is -0.508 e. The molecule has 6 heteroatoms. The van der Waals surface area contributed by atoms with Crippen molar-refractivity contribution in [1.29, 1.82) is 0 Å². The van der Waals surface area contributed by atoms with Gasteiger partial charge in [0.1, 0.15) is 5.75 Å². The Bertz CT molecular complexity index is 413. The van der Waals surface area contributed by atoms with Gasteiger partial charge in [-0.25, -0.2) is 0 Å². The van der Waals surface area contributed by atoms with Gasteiger partial charge < -0.3 is 5.11 Å². The lowest BCUT2D eigenvalue weighted by atomic mass is 10.0. The summed E-state index contributed by atoms with van der Waals surface area (Å²) in [5, 5.41) is 8.56. The van der Waals surface area contributed by atoms with Crippen LogP contribution in [0.4, 0.5) is 13.2 Å². The molecule has 0 radical (unpaired) electrons. The highest BCUT2D eigenvalue weighted by Gasteiger charge is 2.36. The number of Topliss-reactive ketones (excluding diaryl/α,β-unsaturated/α-hetero) is 1. The number of rotatable bonds is 1. The number of phenols is 1. The van der Waals surface area contributed by atoms with E-state index in [9.17, 15) is 18.0 Å². The van der Waals surface area contributed by atoms with Crippen molar-refractivity contribution in [2.75, 3.05) is 0 Å². The maximum atomic E-state index is 12.4. The second kappa shape index (κ2) is 3.73. The van der Waals surface area contributed by atoms with Gasteiger partial charge in [-0.1, -0.05) is 11.6 Å². The molecule has 1 N–H and O–H groups in total. The molecule has 0 aromatic heterocycles. The second-order valence-corrected chi connectivity index (χ2v) is 3.31. The van der Waals surface area contributed by atoms with Crippen LogP contribution in [0.2, 0.25) is 5.02 Å². The Balaban J connectivity index is 3.54. The van der Waals surface area contributed by atoms with Crippen molar-refractivity contribution in [2.45, 2.75) is 13.1 Å². The summed E-state index contributed by atoms with van der Waals surface area (Å²) in [6, 6.07) is 1.37. The van der Waals surface area contributed by atoms with Gasteiger partial charge >= 0.3 is 6.18 Å². The number of carbonyl (C=O) groups excluding carboxylic acids is 1. The first-order valence-corrected chi connectivity index (χ1v) is 4.22. The van der Waals surface area contributed by atoms with Crippen LogP contribution in [0.25, 0.3) is 0 Å². The van der Waals surface area contributed by atoms with E-state index < -0.39 is 33.9 Å². The Hall–Kier alpha value is -1.23. The first kappa shape index (κ1) is 11.8. The van der Waals surface area contributed by atoms with Crippen molar-refractivity contribution < 1.29 is 23.1 Å². The van der Waals surface area contributed by atoms with Crippen LogP contribution in [-0.2, 0) is 6.18 Å². The van der Waals surface area contributed by atoms with E-state index in [4.69, 9.17) is 16.7 Å². The molecule has 0 aliphatic carbocycles. The van der Waals surface area contributed by atoms with Crippen molar-refractivity contribution in [3.63, 3.8) is 0 Å². The molecule has 0 saturated carbocycles. The molecule has 0 amide bonds. The maximum absolute atomic E-state index is 12.4. The average Bonchev–Trinajstić information content (AvgIpc) is 1.99. The van der Waals surface area contributed by atoms with E-state index >= 15 is 0 Å². The molecule has 0 saturated heterocycles. The highest BCUT2D eigenvalue weighted by Crippen LogP contribution is 2.37. The Labute approximate surface area is 88.3 Å². The molecule has 82 valence electrons. The van der Waals surface area contributed by atoms with Gasteiger partial charge in [0.15, 0.2) is 5.78 Å². The lowest BCUT2D eigenvalue weighted by Crippen LogP contribution is -2.12. The van der Waals surface area contributed by atoms with Crippen molar-refractivity contribution in [3.8, 4) is 5.75 Å². The van der Waals surface area contributed by atoms with Gasteiger partial charge in [-0.05, 0) is 19.1 Å². The van der Waals surface area contributed by atoms with Gasteiger partial charge in [0.25, 0.3) is 0 Å². The predicted molar refractivity (Wildman–Crippen MR) is 48.1 cm³/mol. The maximum Gasteiger partial charge on any atom is 0.417 e. The van der Waals surface area contributed by atoms with Crippen LogP contribution < -0.4 is 0 Å². The average molecular weight is 239 g/mol. The van der Waals surface area contributed by atoms with Gasteiger partial charge in [-0.3, -0.25) is 4.79 Å². The molecule has 0 aliphatic rings. The fraction of sp³-hybridized carbons (Fsp3) is 0.222. The van der Waals surface area contributed by atoms with Crippen LogP contribution in [0.3, 0.4) is 0 Å². The van der Waals surface area contributed by atoms with Crippen LogP contribution in [-0.4, -0.2) is 10.9 Å². The number of carbonyl (C=O) groups is 1. The van der Waals surface area contributed by atoms with Gasteiger partial charge in [-0.15, -0.1) is 0 Å². The third-order valence-electron chi connectivity index (χ3n) is 1.73. The summed E-state index contributed by atoms with van der Waals surface area (Å²) in [5.41, 5.74) is -1.85. The molecular formula is C9H6ClF3O2. The Morgan fingerprint density at radius 1 is 1.40 bits per heavy atom. The molecule has 15 heavy (non-hydrogen) atoms. The quantitative estimate of drug-likeness (QED) is 0.763. The number of halogens is 4. The lowest BCUT2D eigenvalue weighted by Gasteiger charge is -2.12. The normalized spacial score (nSPS) is 11.5. The van der Waals surface area contributed by atoms with Crippen LogP contribution in [0.1, 0.15) is 22.8 Å². The van der Waals surface area contributed by atoms with Gasteiger partial charge in [0.05, 0.1) is 10.6 Å². The van der Waals surface area contributed by atoms with Crippen molar-refractivity contribution in [3.05, 3.63) is 28.3 Å². The SMILES string of the molecule is CC(=O)c1c(Cl)cc(O)cc1C(F)(F)F. The highest BCUT2D eigenvalue weighted by molar-refractivity contribution is 6.34. The zero-order chi connectivity index (χ0) is 11.8. The number of benzene rings is 1. The molecule has 0 aliphatic heterocycles. The van der Waals surface area contributed by atoms with Crippen molar-refractivity contribution >= 4 is 17.4 Å². The van der Waals surface area contributed by atoms with Crippen LogP contribution in [0.5, 0.6) is 5.75 Å². The number of ketones is 1. The molecule has 0 atom stereocenters. The van der Waals surface area contributed by atoms with Crippen molar-refractivity contribution in [1.82, 2.24) is 0 Å². The molecule has 0 bridgehead atoms. The summed E-state index contributed by atoms with van der Waals surface area (Å²) >= 11 is 5.45. The van der Waals surface area contributed by atoms with E-state index in [1.807, 2.05) is 0 Å². The number of hydrogen-bond acceptors (Lipinski definition) is 2. The summed E-state index contributed by atoms with van der Waals surface area (Å²) in [5.74, 6) is -1.43. The van der Waals surface area contributed by atoms with Gasteiger partial charge in [0, 0.05) is 5.56 Å². The van der Waals surface area contributed by atoms with E-state index in [0.717, 1.165) is 13.0 Å². The van der Waals surface area contributed by atoms with E-state index in [2.05, 4.69) is 0 Å². The molecule has 1 aromatic rings. The summed E-state index contributed by atoms with van der Waals surface area (Å²) in [7, 11) is 0. The Morgan fingerprint density at radius 3 is 2.33 bits per heavy atom. The van der Waals surface area contributed by atoms with Crippen LogP contribution >= 0.6 is 11.6 Å². The first-order chi connectivity index (χ1) is 6.73. The molecule has 0 spiro atoms. The Morgan fingerprint density at radius 2 is 1.93 bits per heavy atom. The summed E-state index contributed by atoms with van der Waals surface area (Å²) < 4.78 is 37.3. The zero-order valence-corrected chi connectivity index (χ0v) is 8.28. The fourth-order valence-electron chi connectivity index (χ4n) is 1.17. The molecule has 2 nitrogen and oxygen atoms in total. The first-order valence-electron chi connectivity index (χ1n) is 3.84. The summed E-state index contributed by atoms with van der Waals surface area (Å²) in [6.45, 7) is 0.980. The minimum atomic E-state index is -4.72. The molecule has 0 heterocycles. The zero-order valence-electron chi connectivity index (χ0n) is 7.52.